The van der Waals surface area contributed by atoms with Crippen molar-refractivity contribution in [3.8, 4) is 0 Å². The molecule has 2 fully saturated rings. The zero-order chi connectivity index (χ0) is 15.4. The topological polar surface area (TPSA) is 15.3 Å². The van der Waals surface area contributed by atoms with Gasteiger partial charge in [0.1, 0.15) is 0 Å². The molecule has 1 saturated carbocycles. The molecule has 1 aliphatic heterocycles. The minimum atomic E-state index is 0.629. The molecule has 2 nitrogen and oxygen atoms in total. The van der Waals surface area contributed by atoms with Gasteiger partial charge in [0.2, 0.25) is 0 Å². The summed E-state index contributed by atoms with van der Waals surface area (Å²) < 4.78 is 0. The summed E-state index contributed by atoms with van der Waals surface area (Å²) in [6, 6.07) is 10.2. The number of benzene rings is 1. The van der Waals surface area contributed by atoms with E-state index in [9.17, 15) is 0 Å². The molecule has 2 heteroatoms. The van der Waals surface area contributed by atoms with Crippen LogP contribution in [0.2, 0.25) is 0 Å². The normalized spacial score (nSPS) is 20.5. The fourth-order valence-electron chi connectivity index (χ4n) is 3.84. The molecule has 0 radical (unpaired) electrons. The SMILES string of the molecule is CC(C)c1ccc(CN(CC2CNC2)C2CCCCC2)cc1. The van der Waals surface area contributed by atoms with Crippen LogP contribution in [0.4, 0.5) is 0 Å². The zero-order valence-electron chi connectivity index (χ0n) is 14.4. The molecule has 1 saturated heterocycles. The van der Waals surface area contributed by atoms with E-state index in [1.54, 1.807) is 0 Å². The fourth-order valence-corrected chi connectivity index (χ4v) is 3.84. The molecular formula is C20H32N2. The molecule has 1 N–H and O–H groups in total. The summed E-state index contributed by atoms with van der Waals surface area (Å²) in [5.41, 5.74) is 2.94. The molecule has 0 aromatic heterocycles. The third-order valence-corrected chi connectivity index (χ3v) is 5.48. The first-order valence-electron chi connectivity index (χ1n) is 9.26. The van der Waals surface area contributed by atoms with Crippen molar-refractivity contribution in [3.63, 3.8) is 0 Å². The maximum absolute atomic E-state index is 3.43. The lowest BCUT2D eigenvalue weighted by Crippen LogP contribution is -2.50. The smallest absolute Gasteiger partial charge is 0.0236 e. The minimum Gasteiger partial charge on any atom is -0.316 e. The van der Waals surface area contributed by atoms with Gasteiger partial charge in [0.25, 0.3) is 0 Å². The van der Waals surface area contributed by atoms with Crippen molar-refractivity contribution in [1.29, 1.82) is 0 Å². The largest absolute Gasteiger partial charge is 0.316 e. The van der Waals surface area contributed by atoms with E-state index in [0.717, 1.165) is 18.5 Å². The molecule has 0 amide bonds. The third kappa shape index (κ3) is 4.11. The van der Waals surface area contributed by atoms with Crippen LogP contribution in [0.1, 0.15) is 63.0 Å². The van der Waals surface area contributed by atoms with Crippen molar-refractivity contribution < 1.29 is 0 Å². The highest BCUT2D eigenvalue weighted by molar-refractivity contribution is 5.24. The van der Waals surface area contributed by atoms with E-state index in [1.165, 1.54) is 62.9 Å². The van der Waals surface area contributed by atoms with Gasteiger partial charge in [0.05, 0.1) is 0 Å². The number of nitrogens with zero attached hydrogens (tertiary/aromatic N) is 1. The highest BCUT2D eigenvalue weighted by Gasteiger charge is 2.26. The highest BCUT2D eigenvalue weighted by atomic mass is 15.2. The Morgan fingerprint density at radius 3 is 2.27 bits per heavy atom. The van der Waals surface area contributed by atoms with Gasteiger partial charge in [0, 0.05) is 32.2 Å². The summed E-state index contributed by atoms with van der Waals surface area (Å²) in [6.07, 6.45) is 7.11. The molecule has 0 atom stereocenters. The lowest BCUT2D eigenvalue weighted by atomic mass is 9.92. The summed E-state index contributed by atoms with van der Waals surface area (Å²) in [7, 11) is 0. The van der Waals surface area contributed by atoms with Crippen LogP contribution >= 0.6 is 0 Å². The Morgan fingerprint density at radius 1 is 1.05 bits per heavy atom. The van der Waals surface area contributed by atoms with E-state index >= 15 is 0 Å². The predicted octanol–water partition coefficient (Wildman–Crippen LogP) is 4.16. The summed E-state index contributed by atoms with van der Waals surface area (Å²) in [4.78, 5) is 2.79. The molecule has 3 rings (SSSR count). The number of hydrogen-bond donors (Lipinski definition) is 1. The van der Waals surface area contributed by atoms with Gasteiger partial charge >= 0.3 is 0 Å². The van der Waals surface area contributed by atoms with Gasteiger partial charge < -0.3 is 5.32 Å². The molecule has 22 heavy (non-hydrogen) atoms. The minimum absolute atomic E-state index is 0.629. The molecule has 2 aliphatic rings. The lowest BCUT2D eigenvalue weighted by molar-refractivity contribution is 0.109. The van der Waals surface area contributed by atoms with Crippen LogP contribution < -0.4 is 5.32 Å². The molecule has 1 aromatic rings. The van der Waals surface area contributed by atoms with E-state index in [4.69, 9.17) is 0 Å². The van der Waals surface area contributed by atoms with Crippen molar-refractivity contribution in [2.24, 2.45) is 5.92 Å². The molecule has 0 unspecified atom stereocenters. The second-order valence-corrected chi connectivity index (χ2v) is 7.64. The molecule has 0 bridgehead atoms. The van der Waals surface area contributed by atoms with E-state index in [0.29, 0.717) is 5.92 Å². The molecule has 1 aliphatic carbocycles. The second-order valence-electron chi connectivity index (χ2n) is 7.64. The Kier molecular flexibility index (Phi) is 5.54. The monoisotopic (exact) mass is 300 g/mol. The van der Waals surface area contributed by atoms with Gasteiger partial charge in [-0.05, 0) is 35.8 Å². The summed E-state index contributed by atoms with van der Waals surface area (Å²) >= 11 is 0. The standard InChI is InChI=1S/C20H32N2/c1-16(2)19-10-8-17(9-11-19)14-22(15-18-12-21-13-18)20-6-4-3-5-7-20/h8-11,16,18,20-21H,3-7,12-15H2,1-2H3. The Morgan fingerprint density at radius 2 is 1.73 bits per heavy atom. The average molecular weight is 300 g/mol. The predicted molar refractivity (Wildman–Crippen MR) is 94.2 cm³/mol. The molecule has 0 spiro atoms. The number of hydrogen-bond acceptors (Lipinski definition) is 2. The molecule has 1 aromatic carbocycles. The van der Waals surface area contributed by atoms with E-state index < -0.39 is 0 Å². The van der Waals surface area contributed by atoms with Crippen molar-refractivity contribution in [3.05, 3.63) is 35.4 Å². The van der Waals surface area contributed by atoms with E-state index in [2.05, 4.69) is 48.3 Å². The lowest BCUT2D eigenvalue weighted by Gasteiger charge is -2.39. The zero-order valence-corrected chi connectivity index (χ0v) is 14.4. The van der Waals surface area contributed by atoms with Gasteiger partial charge in [-0.25, -0.2) is 0 Å². The molecule has 122 valence electrons. The van der Waals surface area contributed by atoms with Gasteiger partial charge in [-0.2, -0.15) is 0 Å². The first kappa shape index (κ1) is 16.0. The van der Waals surface area contributed by atoms with E-state index in [-0.39, 0.29) is 0 Å². The number of nitrogens with one attached hydrogen (secondary N) is 1. The van der Waals surface area contributed by atoms with Crippen molar-refractivity contribution in [2.75, 3.05) is 19.6 Å². The first-order valence-corrected chi connectivity index (χ1v) is 9.26. The first-order chi connectivity index (χ1) is 10.7. The van der Waals surface area contributed by atoms with Gasteiger partial charge in [-0.1, -0.05) is 57.4 Å². The van der Waals surface area contributed by atoms with E-state index in [1.807, 2.05) is 0 Å². The fraction of sp³-hybridized carbons (Fsp3) is 0.700. The van der Waals surface area contributed by atoms with Crippen LogP contribution in [0.5, 0.6) is 0 Å². The summed E-state index contributed by atoms with van der Waals surface area (Å²) in [5.74, 6) is 1.50. The van der Waals surface area contributed by atoms with Crippen LogP contribution in [-0.4, -0.2) is 30.6 Å². The highest BCUT2D eigenvalue weighted by Crippen LogP contribution is 2.26. The van der Waals surface area contributed by atoms with Crippen molar-refractivity contribution in [1.82, 2.24) is 10.2 Å². The van der Waals surface area contributed by atoms with Crippen LogP contribution in [-0.2, 0) is 6.54 Å². The van der Waals surface area contributed by atoms with Crippen molar-refractivity contribution >= 4 is 0 Å². The van der Waals surface area contributed by atoms with Crippen LogP contribution in [0.3, 0.4) is 0 Å². The van der Waals surface area contributed by atoms with Crippen molar-refractivity contribution in [2.45, 2.75) is 64.5 Å². The van der Waals surface area contributed by atoms with Crippen LogP contribution in [0.25, 0.3) is 0 Å². The third-order valence-electron chi connectivity index (χ3n) is 5.48. The summed E-state index contributed by atoms with van der Waals surface area (Å²) in [6.45, 7) is 9.40. The van der Waals surface area contributed by atoms with Gasteiger partial charge in [-0.15, -0.1) is 0 Å². The van der Waals surface area contributed by atoms with Gasteiger partial charge in [0.15, 0.2) is 0 Å². The molecule has 1 heterocycles. The Hall–Kier alpha value is -0.860. The Labute approximate surface area is 136 Å². The summed E-state index contributed by atoms with van der Waals surface area (Å²) in [5, 5.41) is 3.43. The Balaban J connectivity index is 1.64. The second kappa shape index (κ2) is 7.61. The maximum Gasteiger partial charge on any atom is 0.0236 e. The number of rotatable bonds is 6. The Bertz CT molecular complexity index is 441. The maximum atomic E-state index is 3.43. The van der Waals surface area contributed by atoms with Gasteiger partial charge in [-0.3, -0.25) is 4.90 Å². The van der Waals surface area contributed by atoms with Crippen LogP contribution in [0.15, 0.2) is 24.3 Å². The quantitative estimate of drug-likeness (QED) is 0.848. The average Bonchev–Trinajstić information content (AvgIpc) is 2.51. The van der Waals surface area contributed by atoms with Crippen LogP contribution in [0, 0.1) is 5.92 Å². The molecular weight excluding hydrogens is 268 g/mol.